The molecule has 1 atom stereocenters. The van der Waals surface area contributed by atoms with Crippen molar-refractivity contribution in [3.05, 3.63) is 89.7 Å². The second kappa shape index (κ2) is 9.59. The molecule has 4 nitrogen and oxygen atoms in total. The van der Waals surface area contributed by atoms with Crippen molar-refractivity contribution < 1.29 is 4.79 Å². The molecule has 0 radical (unpaired) electrons. The Kier molecular flexibility index (Phi) is 6.91. The van der Waals surface area contributed by atoms with Crippen LogP contribution in [0.25, 0.3) is 17.3 Å². The number of carbonyl (C=O) groups excluding carboxylic acids is 1. The van der Waals surface area contributed by atoms with E-state index < -0.39 is 0 Å². The van der Waals surface area contributed by atoms with E-state index in [0.717, 1.165) is 22.4 Å². The maximum atomic E-state index is 13.2. The maximum Gasteiger partial charge on any atom is 0.240 e. The molecule has 5 heteroatoms. The highest BCUT2D eigenvalue weighted by Crippen LogP contribution is 2.28. The van der Waals surface area contributed by atoms with Crippen molar-refractivity contribution in [2.45, 2.75) is 20.3 Å². The summed E-state index contributed by atoms with van der Waals surface area (Å²) in [6.07, 6.45) is 8.10. The van der Waals surface area contributed by atoms with Crippen LogP contribution < -0.4 is 4.90 Å². The van der Waals surface area contributed by atoms with Crippen LogP contribution in [-0.2, 0) is 6.42 Å². The summed E-state index contributed by atoms with van der Waals surface area (Å²) in [6, 6.07) is 15.6. The molecule has 0 fully saturated rings. The zero-order chi connectivity index (χ0) is 21.7. The largest absolute Gasteiger partial charge is 0.322 e. The first-order valence-corrected chi connectivity index (χ1v) is 10.4. The standard InChI is InChI=1S/C23H20ClN3O.C2H6/c1-3-16-5-4-6-17(13-16)14-19-11-12-26(2)23-25-21(15-27(23)22(19)28)18-7-9-20(24)10-8-18;1-2/h3-13,15,19H,1,14H2,2H3;1-2H3. The number of nitrogens with zero attached hydrogens (tertiary/aromatic N) is 3. The van der Waals surface area contributed by atoms with Gasteiger partial charge in [0.1, 0.15) is 0 Å². The molecule has 1 aromatic heterocycles. The molecule has 0 N–H and O–H groups in total. The van der Waals surface area contributed by atoms with Crippen LogP contribution in [0.1, 0.15) is 29.8 Å². The molecule has 0 aliphatic carbocycles. The highest BCUT2D eigenvalue weighted by molar-refractivity contribution is 6.30. The molecule has 1 unspecified atom stereocenters. The first-order valence-electron chi connectivity index (χ1n) is 10.1. The number of fused-ring (bicyclic) bond motifs is 1. The van der Waals surface area contributed by atoms with Gasteiger partial charge in [0, 0.05) is 30.0 Å². The molecular weight excluding hydrogens is 394 g/mol. The summed E-state index contributed by atoms with van der Waals surface area (Å²) >= 11 is 5.98. The van der Waals surface area contributed by atoms with Crippen molar-refractivity contribution in [2.24, 2.45) is 5.92 Å². The van der Waals surface area contributed by atoms with Crippen LogP contribution >= 0.6 is 11.6 Å². The van der Waals surface area contributed by atoms with Crippen LogP contribution in [0.3, 0.4) is 0 Å². The van der Waals surface area contributed by atoms with E-state index in [1.165, 1.54) is 0 Å². The highest BCUT2D eigenvalue weighted by atomic mass is 35.5. The van der Waals surface area contributed by atoms with Gasteiger partial charge in [-0.25, -0.2) is 4.98 Å². The third kappa shape index (κ3) is 4.55. The summed E-state index contributed by atoms with van der Waals surface area (Å²) in [4.78, 5) is 19.8. The molecule has 0 spiro atoms. The monoisotopic (exact) mass is 419 g/mol. The van der Waals surface area contributed by atoms with Gasteiger partial charge in [0.2, 0.25) is 11.9 Å². The quantitative estimate of drug-likeness (QED) is 0.495. The summed E-state index contributed by atoms with van der Waals surface area (Å²) in [5, 5.41) is 0.669. The summed E-state index contributed by atoms with van der Waals surface area (Å²) in [6.45, 7) is 7.82. The second-order valence-electron chi connectivity index (χ2n) is 6.85. The molecule has 0 bridgehead atoms. The number of benzene rings is 2. The van der Waals surface area contributed by atoms with Crippen LogP contribution in [0, 0.1) is 5.92 Å². The van der Waals surface area contributed by atoms with E-state index in [1.54, 1.807) is 10.8 Å². The zero-order valence-electron chi connectivity index (χ0n) is 17.5. The van der Waals surface area contributed by atoms with E-state index in [4.69, 9.17) is 11.6 Å². The Morgan fingerprint density at radius 1 is 1.17 bits per heavy atom. The van der Waals surface area contributed by atoms with Gasteiger partial charge in [-0.3, -0.25) is 9.36 Å². The molecule has 0 amide bonds. The Labute approximate surface area is 183 Å². The molecule has 4 rings (SSSR count). The molecule has 2 heterocycles. The Morgan fingerprint density at radius 2 is 1.90 bits per heavy atom. The number of halogens is 1. The number of hydrogen-bond donors (Lipinski definition) is 0. The minimum Gasteiger partial charge on any atom is -0.322 e. The topological polar surface area (TPSA) is 38.1 Å². The highest BCUT2D eigenvalue weighted by Gasteiger charge is 2.26. The first-order chi connectivity index (χ1) is 14.5. The number of rotatable bonds is 4. The fraction of sp³-hybridized carbons (Fsp3) is 0.200. The second-order valence-corrected chi connectivity index (χ2v) is 7.29. The van der Waals surface area contributed by atoms with Crippen LogP contribution in [0.2, 0.25) is 5.02 Å². The Hall–Kier alpha value is -3.11. The van der Waals surface area contributed by atoms with Gasteiger partial charge in [-0.05, 0) is 29.7 Å². The van der Waals surface area contributed by atoms with E-state index in [0.29, 0.717) is 17.4 Å². The molecule has 1 aliphatic heterocycles. The molecular formula is C25H26ClN3O. The van der Waals surface area contributed by atoms with Gasteiger partial charge < -0.3 is 4.90 Å². The lowest BCUT2D eigenvalue weighted by atomic mass is 9.97. The Morgan fingerprint density at radius 3 is 2.60 bits per heavy atom. The van der Waals surface area contributed by atoms with Crippen molar-refractivity contribution in [1.82, 2.24) is 9.55 Å². The van der Waals surface area contributed by atoms with Crippen molar-refractivity contribution in [3.8, 4) is 11.3 Å². The fourth-order valence-electron chi connectivity index (χ4n) is 3.36. The van der Waals surface area contributed by atoms with Crippen molar-refractivity contribution in [2.75, 3.05) is 11.9 Å². The minimum absolute atomic E-state index is 0.00678. The number of imidazole rings is 1. The van der Waals surface area contributed by atoms with E-state index in [9.17, 15) is 4.79 Å². The summed E-state index contributed by atoms with van der Waals surface area (Å²) in [7, 11) is 1.90. The van der Waals surface area contributed by atoms with Gasteiger partial charge >= 0.3 is 0 Å². The first kappa shape index (κ1) is 21.6. The summed E-state index contributed by atoms with van der Waals surface area (Å²) < 4.78 is 1.64. The molecule has 0 saturated heterocycles. The van der Waals surface area contributed by atoms with E-state index in [1.807, 2.05) is 86.6 Å². The normalized spacial score (nSPS) is 15.1. The van der Waals surface area contributed by atoms with Gasteiger partial charge in [0.05, 0.1) is 11.6 Å². The molecule has 0 saturated carbocycles. The van der Waals surface area contributed by atoms with Gasteiger partial charge in [0.15, 0.2) is 0 Å². The molecule has 2 aromatic carbocycles. The average Bonchev–Trinajstić information content (AvgIpc) is 3.19. The van der Waals surface area contributed by atoms with E-state index in [-0.39, 0.29) is 11.8 Å². The van der Waals surface area contributed by atoms with Crippen LogP contribution in [0.4, 0.5) is 5.95 Å². The maximum absolute atomic E-state index is 13.2. The molecule has 1 aliphatic rings. The smallest absolute Gasteiger partial charge is 0.240 e. The summed E-state index contributed by atoms with van der Waals surface area (Å²) in [5.41, 5.74) is 3.82. The SMILES string of the molecule is C=Cc1cccc(CC2C=CN(C)c3nc(-c4ccc(Cl)cc4)cn3C2=O)c1.CC. The summed E-state index contributed by atoms with van der Waals surface area (Å²) in [5.74, 6) is 0.344. The van der Waals surface area contributed by atoms with Crippen LogP contribution in [-0.4, -0.2) is 22.5 Å². The Balaban J connectivity index is 0.00000124. The fourth-order valence-corrected chi connectivity index (χ4v) is 3.48. The van der Waals surface area contributed by atoms with Gasteiger partial charge in [-0.1, -0.05) is 80.6 Å². The van der Waals surface area contributed by atoms with Gasteiger partial charge in [0.25, 0.3) is 0 Å². The number of aromatic nitrogens is 2. The molecule has 154 valence electrons. The van der Waals surface area contributed by atoms with Crippen molar-refractivity contribution in [1.29, 1.82) is 0 Å². The van der Waals surface area contributed by atoms with E-state index >= 15 is 0 Å². The van der Waals surface area contributed by atoms with Crippen LogP contribution in [0.15, 0.2) is 73.6 Å². The third-order valence-corrected chi connectivity index (χ3v) is 5.13. The lowest BCUT2D eigenvalue weighted by molar-refractivity contribution is 0.0864. The third-order valence-electron chi connectivity index (χ3n) is 4.88. The Bertz CT molecular complexity index is 1070. The number of hydrogen-bond acceptors (Lipinski definition) is 3. The van der Waals surface area contributed by atoms with Crippen LogP contribution in [0.5, 0.6) is 0 Å². The van der Waals surface area contributed by atoms with Gasteiger partial charge in [-0.15, -0.1) is 0 Å². The molecule has 3 aromatic rings. The lowest BCUT2D eigenvalue weighted by Crippen LogP contribution is -2.22. The van der Waals surface area contributed by atoms with Crippen molar-refractivity contribution >= 4 is 29.5 Å². The molecule has 30 heavy (non-hydrogen) atoms. The van der Waals surface area contributed by atoms with Gasteiger partial charge in [-0.2, -0.15) is 0 Å². The van der Waals surface area contributed by atoms with E-state index in [2.05, 4.69) is 17.6 Å². The average molecular weight is 420 g/mol. The lowest BCUT2D eigenvalue weighted by Gasteiger charge is -2.13. The number of carbonyl (C=O) groups is 1. The number of anilines is 1. The minimum atomic E-state index is -0.268. The number of allylic oxidation sites excluding steroid dienone is 1. The predicted molar refractivity (Wildman–Crippen MR) is 126 cm³/mol. The zero-order valence-corrected chi connectivity index (χ0v) is 18.3. The van der Waals surface area contributed by atoms with Crippen molar-refractivity contribution in [3.63, 3.8) is 0 Å². The predicted octanol–water partition coefficient (Wildman–Crippen LogP) is 6.34.